The summed E-state index contributed by atoms with van der Waals surface area (Å²) < 4.78 is 2.21. The smallest absolute Gasteiger partial charge is 0.318 e. The molecule has 3 aromatic rings. The molecular weight excluding hydrogens is 324 g/mol. The molecule has 5 heteroatoms. The number of fused-ring (bicyclic) bond motifs is 1. The number of hydrogen-bond acceptors (Lipinski definition) is 2. The van der Waals surface area contributed by atoms with Gasteiger partial charge in [0.2, 0.25) is 0 Å². The van der Waals surface area contributed by atoms with Crippen LogP contribution in [0.25, 0.3) is 0 Å². The van der Waals surface area contributed by atoms with E-state index < -0.39 is 0 Å². The summed E-state index contributed by atoms with van der Waals surface area (Å²) in [5, 5.41) is 3.08. The summed E-state index contributed by atoms with van der Waals surface area (Å²) >= 11 is 0. The fourth-order valence-electron chi connectivity index (χ4n) is 3.55. The van der Waals surface area contributed by atoms with E-state index in [-0.39, 0.29) is 12.1 Å². The van der Waals surface area contributed by atoms with Crippen LogP contribution in [0, 0.1) is 0 Å². The van der Waals surface area contributed by atoms with Crippen LogP contribution < -0.4 is 5.32 Å². The third-order valence-corrected chi connectivity index (χ3v) is 4.83. The summed E-state index contributed by atoms with van der Waals surface area (Å²) in [5.41, 5.74) is 3.39. The zero-order valence-electron chi connectivity index (χ0n) is 14.6. The first kappa shape index (κ1) is 16.4. The molecule has 5 nitrogen and oxygen atoms in total. The maximum absolute atomic E-state index is 12.9. The number of carbonyl (C=O) groups excluding carboxylic acids is 1. The topological polar surface area (TPSA) is 50.2 Å². The molecule has 0 saturated heterocycles. The van der Waals surface area contributed by atoms with E-state index in [4.69, 9.17) is 0 Å². The first-order valence-corrected chi connectivity index (χ1v) is 8.96. The highest BCUT2D eigenvalue weighted by atomic mass is 16.2. The number of hydrogen-bond donors (Lipinski definition) is 1. The number of nitrogens with zero attached hydrogens (tertiary/aromatic N) is 3. The summed E-state index contributed by atoms with van der Waals surface area (Å²) in [6, 6.07) is 18.2. The van der Waals surface area contributed by atoms with Gasteiger partial charge >= 0.3 is 6.03 Å². The van der Waals surface area contributed by atoms with Crippen molar-refractivity contribution in [2.24, 2.45) is 0 Å². The van der Waals surface area contributed by atoms with E-state index in [0.717, 1.165) is 24.2 Å². The number of pyridine rings is 1. The minimum Gasteiger partial charge on any atom is -0.348 e. The Bertz CT molecular complexity index is 860. The van der Waals surface area contributed by atoms with Crippen LogP contribution >= 0.6 is 0 Å². The quantitative estimate of drug-likeness (QED) is 0.788. The molecule has 1 aliphatic rings. The Hall–Kier alpha value is -3.08. The van der Waals surface area contributed by atoms with Crippen LogP contribution in [0.15, 0.2) is 73.2 Å². The van der Waals surface area contributed by atoms with E-state index in [9.17, 15) is 4.79 Å². The first-order chi connectivity index (χ1) is 12.8. The highest BCUT2D eigenvalue weighted by molar-refractivity contribution is 5.75. The van der Waals surface area contributed by atoms with Gasteiger partial charge in [0.25, 0.3) is 0 Å². The van der Waals surface area contributed by atoms with Crippen molar-refractivity contribution in [2.75, 3.05) is 13.1 Å². The molecule has 132 valence electrons. The van der Waals surface area contributed by atoms with Gasteiger partial charge in [-0.25, -0.2) is 4.79 Å². The summed E-state index contributed by atoms with van der Waals surface area (Å²) in [6.07, 6.45) is 6.50. The lowest BCUT2D eigenvalue weighted by atomic mass is 10.0. The van der Waals surface area contributed by atoms with Gasteiger partial charge in [-0.3, -0.25) is 4.98 Å². The number of rotatable bonds is 4. The molecular formula is C21H22N4O. The van der Waals surface area contributed by atoms with Gasteiger partial charge < -0.3 is 14.8 Å². The van der Waals surface area contributed by atoms with Crippen LogP contribution in [-0.2, 0) is 13.0 Å². The Morgan fingerprint density at radius 2 is 1.96 bits per heavy atom. The number of aromatic nitrogens is 2. The van der Waals surface area contributed by atoms with Gasteiger partial charge in [-0.1, -0.05) is 36.4 Å². The average molecular weight is 346 g/mol. The van der Waals surface area contributed by atoms with Gasteiger partial charge in [-0.2, -0.15) is 0 Å². The summed E-state index contributed by atoms with van der Waals surface area (Å²) in [5.74, 6) is 0. The normalized spacial score (nSPS) is 16.2. The highest BCUT2D eigenvalue weighted by Gasteiger charge is 2.32. The molecule has 0 aliphatic carbocycles. The van der Waals surface area contributed by atoms with Crippen molar-refractivity contribution in [3.8, 4) is 0 Å². The third kappa shape index (κ3) is 3.33. The second-order valence-corrected chi connectivity index (χ2v) is 6.48. The molecule has 0 radical (unpaired) electrons. The molecule has 0 saturated carbocycles. The SMILES string of the molecule is O=C(NCCc1ccccc1)N1CCn2cccc2[C@H]1c1cccnc1. The van der Waals surface area contributed by atoms with Crippen LogP contribution in [0.3, 0.4) is 0 Å². The van der Waals surface area contributed by atoms with Crippen LogP contribution in [0.1, 0.15) is 22.9 Å². The standard InChI is InChI=1S/C21H22N4O/c26-21(23-12-10-17-6-2-1-3-7-17)25-15-14-24-13-5-9-19(24)20(25)18-8-4-11-22-16-18/h1-9,11,13,16,20H,10,12,14-15H2,(H,23,26)/t20-/m1/s1. The summed E-state index contributed by atoms with van der Waals surface area (Å²) in [6.45, 7) is 2.11. The van der Waals surface area contributed by atoms with Crippen molar-refractivity contribution < 1.29 is 4.79 Å². The molecule has 2 amide bonds. The lowest BCUT2D eigenvalue weighted by molar-refractivity contribution is 0.168. The van der Waals surface area contributed by atoms with Gasteiger partial charge in [-0.15, -0.1) is 0 Å². The minimum atomic E-state index is -0.107. The van der Waals surface area contributed by atoms with Crippen molar-refractivity contribution >= 4 is 6.03 Å². The van der Waals surface area contributed by atoms with Crippen LogP contribution in [0.5, 0.6) is 0 Å². The monoisotopic (exact) mass is 346 g/mol. The highest BCUT2D eigenvalue weighted by Crippen LogP contribution is 2.31. The van der Waals surface area contributed by atoms with Gasteiger partial charge in [0.05, 0.1) is 0 Å². The molecule has 0 fully saturated rings. The molecule has 1 aromatic carbocycles. The molecule has 4 rings (SSSR count). The molecule has 0 bridgehead atoms. The Morgan fingerprint density at radius 1 is 1.08 bits per heavy atom. The Balaban J connectivity index is 1.50. The van der Waals surface area contributed by atoms with Crippen LogP contribution in [0.2, 0.25) is 0 Å². The van der Waals surface area contributed by atoms with Crippen molar-refractivity contribution in [2.45, 2.75) is 19.0 Å². The van der Waals surface area contributed by atoms with Crippen molar-refractivity contribution in [1.82, 2.24) is 19.8 Å². The second kappa shape index (κ2) is 7.44. The summed E-state index contributed by atoms with van der Waals surface area (Å²) in [4.78, 5) is 19.0. The van der Waals surface area contributed by atoms with E-state index >= 15 is 0 Å². The fourth-order valence-corrected chi connectivity index (χ4v) is 3.55. The van der Waals surface area contributed by atoms with E-state index in [1.54, 1.807) is 6.20 Å². The maximum atomic E-state index is 12.9. The second-order valence-electron chi connectivity index (χ2n) is 6.48. The van der Waals surface area contributed by atoms with Gasteiger partial charge in [-0.05, 0) is 35.7 Å². The van der Waals surface area contributed by atoms with Crippen LogP contribution in [-0.4, -0.2) is 33.6 Å². The molecule has 1 aliphatic heterocycles. The Kier molecular flexibility index (Phi) is 4.69. The largest absolute Gasteiger partial charge is 0.348 e. The molecule has 0 spiro atoms. The van der Waals surface area contributed by atoms with Gasteiger partial charge in [0, 0.05) is 43.9 Å². The van der Waals surface area contributed by atoms with Gasteiger partial charge in [0.1, 0.15) is 6.04 Å². The van der Waals surface area contributed by atoms with Crippen molar-refractivity contribution in [1.29, 1.82) is 0 Å². The number of carbonyl (C=O) groups is 1. The predicted octanol–water partition coefficient (Wildman–Crippen LogP) is 3.24. The summed E-state index contributed by atoms with van der Waals surface area (Å²) in [7, 11) is 0. The molecule has 1 atom stereocenters. The van der Waals surface area contributed by atoms with Crippen LogP contribution in [0.4, 0.5) is 4.79 Å². The number of benzene rings is 1. The molecule has 3 heterocycles. The van der Waals surface area contributed by atoms with E-state index in [0.29, 0.717) is 13.1 Å². The fraction of sp³-hybridized carbons (Fsp3) is 0.238. The lowest BCUT2D eigenvalue weighted by Gasteiger charge is -2.37. The van der Waals surface area contributed by atoms with E-state index in [2.05, 4.69) is 39.3 Å². The number of amides is 2. The van der Waals surface area contributed by atoms with Gasteiger partial charge in [0.15, 0.2) is 0 Å². The Labute approximate surface area is 153 Å². The maximum Gasteiger partial charge on any atom is 0.318 e. The number of nitrogens with one attached hydrogen (secondary N) is 1. The van der Waals surface area contributed by atoms with E-state index in [1.165, 1.54) is 5.56 Å². The first-order valence-electron chi connectivity index (χ1n) is 8.96. The minimum absolute atomic E-state index is 0.0257. The molecule has 2 aromatic heterocycles. The zero-order valence-corrected chi connectivity index (χ0v) is 14.6. The third-order valence-electron chi connectivity index (χ3n) is 4.83. The Morgan fingerprint density at radius 3 is 2.77 bits per heavy atom. The zero-order chi connectivity index (χ0) is 17.8. The lowest BCUT2D eigenvalue weighted by Crippen LogP contribution is -2.47. The average Bonchev–Trinajstić information content (AvgIpc) is 3.17. The predicted molar refractivity (Wildman–Crippen MR) is 101 cm³/mol. The molecule has 26 heavy (non-hydrogen) atoms. The molecule has 0 unspecified atom stereocenters. The molecule has 1 N–H and O–H groups in total. The van der Waals surface area contributed by atoms with E-state index in [1.807, 2.05) is 47.5 Å². The van der Waals surface area contributed by atoms with Crippen molar-refractivity contribution in [3.63, 3.8) is 0 Å². The number of urea groups is 1. The van der Waals surface area contributed by atoms with Crippen molar-refractivity contribution in [3.05, 3.63) is 90.0 Å².